The number of para-hydroxylation sites is 1. The largest absolute Gasteiger partial charge is 0.457 e. The zero-order valence-corrected chi connectivity index (χ0v) is 16.2. The molecule has 0 heterocycles. The number of hydrazine groups is 1. The normalized spacial score (nSPS) is 19.0. The maximum atomic E-state index is 12.4. The Hall–Kier alpha value is -2.60. The second-order valence-corrected chi connectivity index (χ2v) is 7.27. The van der Waals surface area contributed by atoms with Gasteiger partial charge in [-0.1, -0.05) is 44.0 Å². The molecule has 0 radical (unpaired) electrons. The van der Waals surface area contributed by atoms with Crippen molar-refractivity contribution >= 4 is 23.2 Å². The van der Waals surface area contributed by atoms with Crippen molar-refractivity contribution in [3.05, 3.63) is 60.2 Å². The summed E-state index contributed by atoms with van der Waals surface area (Å²) in [5.74, 6) is 1.64. The number of hydrogen-bond acceptors (Lipinski definition) is 3. The predicted octanol–water partition coefficient (Wildman–Crippen LogP) is 4.17. The molecule has 0 bridgehead atoms. The maximum absolute atomic E-state index is 12.4. The van der Waals surface area contributed by atoms with Crippen LogP contribution < -0.4 is 20.9 Å². The molecular formula is C21H25N3O2S. The second-order valence-electron chi connectivity index (χ2n) is 6.86. The quantitative estimate of drug-likeness (QED) is 0.546. The van der Waals surface area contributed by atoms with E-state index < -0.39 is 0 Å². The van der Waals surface area contributed by atoms with Crippen molar-refractivity contribution in [1.82, 2.24) is 16.2 Å². The Morgan fingerprint density at radius 2 is 1.74 bits per heavy atom. The van der Waals surface area contributed by atoms with E-state index in [4.69, 9.17) is 17.0 Å². The molecule has 2 aromatic rings. The molecule has 1 aliphatic carbocycles. The highest BCUT2D eigenvalue weighted by atomic mass is 32.1. The number of amides is 1. The summed E-state index contributed by atoms with van der Waals surface area (Å²) in [4.78, 5) is 12.4. The van der Waals surface area contributed by atoms with Crippen LogP contribution in [0.4, 0.5) is 0 Å². The lowest BCUT2D eigenvalue weighted by atomic mass is 9.86. The average Bonchev–Trinajstić information content (AvgIpc) is 2.69. The van der Waals surface area contributed by atoms with Gasteiger partial charge in [-0.25, -0.2) is 0 Å². The average molecular weight is 384 g/mol. The first kappa shape index (κ1) is 19.2. The van der Waals surface area contributed by atoms with Crippen LogP contribution in [0.3, 0.4) is 0 Å². The van der Waals surface area contributed by atoms with Crippen molar-refractivity contribution in [3.63, 3.8) is 0 Å². The molecule has 0 aromatic heterocycles. The highest BCUT2D eigenvalue weighted by Crippen LogP contribution is 2.23. The summed E-state index contributed by atoms with van der Waals surface area (Å²) in [6, 6.07) is 16.8. The Balaban J connectivity index is 1.52. The molecule has 5 nitrogen and oxygen atoms in total. The number of hydrogen-bond donors (Lipinski definition) is 3. The van der Waals surface area contributed by atoms with Gasteiger partial charge >= 0.3 is 0 Å². The molecule has 1 saturated carbocycles. The summed E-state index contributed by atoms with van der Waals surface area (Å²) < 4.78 is 5.77. The third-order valence-electron chi connectivity index (χ3n) is 4.79. The lowest BCUT2D eigenvalue weighted by Crippen LogP contribution is -2.51. The van der Waals surface area contributed by atoms with Crippen molar-refractivity contribution in [1.29, 1.82) is 0 Å². The summed E-state index contributed by atoms with van der Waals surface area (Å²) >= 11 is 5.31. The van der Waals surface area contributed by atoms with Gasteiger partial charge in [-0.05, 0) is 61.3 Å². The SMILES string of the molecule is CC1CCCCC1NC(=S)NNC(=O)c1cccc(Oc2ccccc2)c1. The Morgan fingerprint density at radius 1 is 1.00 bits per heavy atom. The van der Waals surface area contributed by atoms with Gasteiger partial charge in [0.25, 0.3) is 5.91 Å². The molecule has 6 heteroatoms. The first-order valence-electron chi connectivity index (χ1n) is 9.31. The van der Waals surface area contributed by atoms with Crippen LogP contribution in [0.2, 0.25) is 0 Å². The van der Waals surface area contributed by atoms with Gasteiger partial charge in [0.15, 0.2) is 5.11 Å². The molecular weight excluding hydrogens is 358 g/mol. The molecule has 3 rings (SSSR count). The van der Waals surface area contributed by atoms with E-state index in [0.29, 0.717) is 28.4 Å². The number of carbonyl (C=O) groups excluding carboxylic acids is 1. The van der Waals surface area contributed by atoms with E-state index in [9.17, 15) is 4.79 Å². The van der Waals surface area contributed by atoms with Crippen LogP contribution >= 0.6 is 12.2 Å². The minimum absolute atomic E-state index is 0.269. The molecule has 27 heavy (non-hydrogen) atoms. The molecule has 0 saturated heterocycles. The smallest absolute Gasteiger partial charge is 0.269 e. The van der Waals surface area contributed by atoms with Crippen LogP contribution in [-0.2, 0) is 0 Å². The molecule has 142 valence electrons. The fourth-order valence-corrected chi connectivity index (χ4v) is 3.45. The molecule has 3 N–H and O–H groups in total. The topological polar surface area (TPSA) is 62.4 Å². The van der Waals surface area contributed by atoms with Crippen LogP contribution in [0, 0.1) is 5.92 Å². The highest BCUT2D eigenvalue weighted by Gasteiger charge is 2.21. The summed E-state index contributed by atoms with van der Waals surface area (Å²) in [5, 5.41) is 3.74. The minimum atomic E-state index is -0.269. The first-order chi connectivity index (χ1) is 13.1. The van der Waals surface area contributed by atoms with Crippen LogP contribution in [0.1, 0.15) is 43.0 Å². The molecule has 0 spiro atoms. The summed E-state index contributed by atoms with van der Waals surface area (Å²) in [5.41, 5.74) is 5.93. The van der Waals surface area contributed by atoms with Crippen molar-refractivity contribution in [2.75, 3.05) is 0 Å². The van der Waals surface area contributed by atoms with Crippen molar-refractivity contribution in [2.45, 2.75) is 38.6 Å². The van der Waals surface area contributed by atoms with E-state index in [1.807, 2.05) is 36.4 Å². The number of thiocarbonyl (C=S) groups is 1. The molecule has 2 unspecified atom stereocenters. The Labute approximate surface area is 165 Å². The van der Waals surface area contributed by atoms with Gasteiger partial charge in [-0.2, -0.15) is 0 Å². The Morgan fingerprint density at radius 3 is 2.52 bits per heavy atom. The number of ether oxygens (including phenoxy) is 1. The van der Waals surface area contributed by atoms with E-state index in [1.165, 1.54) is 19.3 Å². The van der Waals surface area contributed by atoms with Gasteiger partial charge in [0.1, 0.15) is 11.5 Å². The van der Waals surface area contributed by atoms with E-state index in [1.54, 1.807) is 18.2 Å². The van der Waals surface area contributed by atoms with Gasteiger partial charge in [-0.3, -0.25) is 15.6 Å². The van der Waals surface area contributed by atoms with Crippen molar-refractivity contribution in [2.24, 2.45) is 5.92 Å². The third kappa shape index (κ3) is 5.69. The maximum Gasteiger partial charge on any atom is 0.269 e. The van der Waals surface area contributed by atoms with Crippen LogP contribution in [-0.4, -0.2) is 17.1 Å². The standard InChI is InChI=1S/C21H25N3O2S/c1-15-8-5-6-13-19(15)22-21(27)24-23-20(25)16-9-7-12-18(14-16)26-17-10-3-2-4-11-17/h2-4,7,9-12,14-15,19H,5-6,8,13H2,1H3,(H,23,25)(H2,22,24,27). The fourth-order valence-electron chi connectivity index (χ4n) is 3.25. The zero-order chi connectivity index (χ0) is 19.1. The van der Waals surface area contributed by atoms with Gasteiger partial charge in [0, 0.05) is 11.6 Å². The van der Waals surface area contributed by atoms with E-state index >= 15 is 0 Å². The Bertz CT molecular complexity index is 782. The van der Waals surface area contributed by atoms with Crippen LogP contribution in [0.5, 0.6) is 11.5 Å². The third-order valence-corrected chi connectivity index (χ3v) is 5.01. The summed E-state index contributed by atoms with van der Waals surface area (Å²) in [6.07, 6.45) is 4.81. The van der Waals surface area contributed by atoms with Crippen LogP contribution in [0.25, 0.3) is 0 Å². The first-order valence-corrected chi connectivity index (χ1v) is 9.72. The van der Waals surface area contributed by atoms with Crippen molar-refractivity contribution < 1.29 is 9.53 Å². The lowest BCUT2D eigenvalue weighted by Gasteiger charge is -2.30. The second kappa shape index (κ2) is 9.37. The molecule has 1 fully saturated rings. The number of carbonyl (C=O) groups is 1. The predicted molar refractivity (Wildman–Crippen MR) is 111 cm³/mol. The van der Waals surface area contributed by atoms with E-state index in [-0.39, 0.29) is 5.91 Å². The minimum Gasteiger partial charge on any atom is -0.457 e. The summed E-state index contributed by atoms with van der Waals surface area (Å²) in [7, 11) is 0. The molecule has 2 atom stereocenters. The monoisotopic (exact) mass is 383 g/mol. The van der Waals surface area contributed by atoms with Crippen molar-refractivity contribution in [3.8, 4) is 11.5 Å². The van der Waals surface area contributed by atoms with Gasteiger partial charge in [-0.15, -0.1) is 0 Å². The lowest BCUT2D eigenvalue weighted by molar-refractivity contribution is 0.0943. The number of nitrogens with one attached hydrogen (secondary N) is 3. The van der Waals surface area contributed by atoms with Crippen LogP contribution in [0.15, 0.2) is 54.6 Å². The van der Waals surface area contributed by atoms with Gasteiger partial charge in [0.2, 0.25) is 0 Å². The number of benzene rings is 2. The Kier molecular flexibility index (Phi) is 6.65. The van der Waals surface area contributed by atoms with E-state index in [0.717, 1.165) is 12.2 Å². The molecule has 1 aliphatic rings. The number of rotatable bonds is 4. The highest BCUT2D eigenvalue weighted by molar-refractivity contribution is 7.80. The molecule has 0 aliphatic heterocycles. The van der Waals surface area contributed by atoms with Gasteiger partial charge in [0.05, 0.1) is 0 Å². The summed E-state index contributed by atoms with van der Waals surface area (Å²) in [6.45, 7) is 2.23. The van der Waals surface area contributed by atoms with E-state index in [2.05, 4.69) is 23.1 Å². The molecule has 1 amide bonds. The molecule has 2 aromatic carbocycles. The fraction of sp³-hybridized carbons (Fsp3) is 0.333. The zero-order valence-electron chi connectivity index (χ0n) is 15.4. The van der Waals surface area contributed by atoms with Gasteiger partial charge < -0.3 is 10.1 Å².